The summed E-state index contributed by atoms with van der Waals surface area (Å²) >= 11 is 0. The van der Waals surface area contributed by atoms with Crippen LogP contribution in [0, 0.1) is 0 Å². The summed E-state index contributed by atoms with van der Waals surface area (Å²) in [5, 5.41) is 4.20. The molecular weight excluding hydrogens is 274 g/mol. The van der Waals surface area contributed by atoms with Gasteiger partial charge in [-0.2, -0.15) is 0 Å². The van der Waals surface area contributed by atoms with Crippen LogP contribution in [0.15, 0.2) is 30.3 Å². The van der Waals surface area contributed by atoms with Crippen LogP contribution in [0.2, 0.25) is 0 Å². The van der Waals surface area contributed by atoms with Gasteiger partial charge in [0.05, 0.1) is 16.6 Å². The molecule has 2 heterocycles. The molecule has 3 aromatic rings. The zero-order chi connectivity index (χ0) is 16.0. The molecule has 0 bridgehead atoms. The van der Waals surface area contributed by atoms with Crippen LogP contribution in [-0.2, 0) is 7.05 Å². The minimum absolute atomic E-state index is 0.0102. The summed E-state index contributed by atoms with van der Waals surface area (Å²) in [6.07, 6.45) is 0. The van der Waals surface area contributed by atoms with Gasteiger partial charge in [0.25, 0.3) is 5.91 Å². The van der Waals surface area contributed by atoms with Crippen molar-refractivity contribution in [2.75, 3.05) is 0 Å². The Labute approximate surface area is 130 Å². The van der Waals surface area contributed by atoms with Crippen LogP contribution < -0.4 is 5.32 Å². The highest BCUT2D eigenvalue weighted by molar-refractivity contribution is 6.10. The van der Waals surface area contributed by atoms with E-state index in [1.54, 1.807) is 0 Å². The van der Waals surface area contributed by atoms with Crippen molar-refractivity contribution in [1.29, 1.82) is 0 Å². The third-order valence-corrected chi connectivity index (χ3v) is 4.07. The Morgan fingerprint density at radius 2 is 1.77 bits per heavy atom. The average Bonchev–Trinajstić information content (AvgIpc) is 2.96. The average molecular weight is 297 g/mol. The Bertz CT molecular complexity index is 852. The Balaban J connectivity index is 2.33. The molecule has 1 aromatic carbocycles. The maximum Gasteiger partial charge on any atom is 0.268 e. The fourth-order valence-corrected chi connectivity index (χ4v) is 3.18. The van der Waals surface area contributed by atoms with Gasteiger partial charge < -0.3 is 14.5 Å². The van der Waals surface area contributed by atoms with E-state index in [1.807, 2.05) is 32.0 Å². The molecule has 0 unspecified atom stereocenters. The van der Waals surface area contributed by atoms with Crippen molar-refractivity contribution in [3.63, 3.8) is 0 Å². The van der Waals surface area contributed by atoms with Gasteiger partial charge in [0.15, 0.2) is 0 Å². The normalized spacial score (nSPS) is 12.0. The zero-order valence-corrected chi connectivity index (χ0v) is 13.8. The van der Waals surface area contributed by atoms with Gasteiger partial charge in [0.1, 0.15) is 5.69 Å². The molecule has 4 heteroatoms. The smallest absolute Gasteiger partial charge is 0.268 e. The molecule has 0 aliphatic carbocycles. The molecule has 0 atom stereocenters. The maximum absolute atomic E-state index is 12.6. The minimum Gasteiger partial charge on any atom is -0.349 e. The first kappa shape index (κ1) is 14.7. The first-order chi connectivity index (χ1) is 10.4. The summed E-state index contributed by atoms with van der Waals surface area (Å²) in [6, 6.07) is 10.7. The summed E-state index contributed by atoms with van der Waals surface area (Å²) in [6.45, 7) is 8.20. The third kappa shape index (κ3) is 2.10. The molecule has 0 aliphatic heterocycles. The van der Waals surface area contributed by atoms with E-state index in [4.69, 9.17) is 0 Å². The Hall–Kier alpha value is -2.23. The molecule has 4 nitrogen and oxygen atoms in total. The molecule has 0 fully saturated rings. The third-order valence-electron chi connectivity index (χ3n) is 4.07. The highest BCUT2D eigenvalue weighted by atomic mass is 16.2. The van der Waals surface area contributed by atoms with Gasteiger partial charge in [-0.15, -0.1) is 0 Å². The summed E-state index contributed by atoms with van der Waals surface area (Å²) in [5.41, 5.74) is 4.17. The predicted octanol–water partition coefficient (Wildman–Crippen LogP) is 3.85. The van der Waals surface area contributed by atoms with Gasteiger partial charge in [0, 0.05) is 24.5 Å². The van der Waals surface area contributed by atoms with Gasteiger partial charge in [-0.25, -0.2) is 0 Å². The highest BCUT2D eigenvalue weighted by Gasteiger charge is 2.22. The number of fused-ring (bicyclic) bond motifs is 3. The van der Waals surface area contributed by atoms with E-state index in [-0.39, 0.29) is 18.0 Å². The molecule has 2 aromatic heterocycles. The largest absolute Gasteiger partial charge is 0.349 e. The van der Waals surface area contributed by atoms with Crippen molar-refractivity contribution < 1.29 is 4.79 Å². The maximum atomic E-state index is 12.6. The predicted molar refractivity (Wildman–Crippen MR) is 91.4 cm³/mol. The number of hydrogen-bond donors (Lipinski definition) is 1. The number of benzene rings is 1. The van der Waals surface area contributed by atoms with Crippen LogP contribution in [0.5, 0.6) is 0 Å². The summed E-state index contributed by atoms with van der Waals surface area (Å²) in [7, 11) is 2.06. The van der Waals surface area contributed by atoms with E-state index in [2.05, 4.69) is 47.5 Å². The second-order valence-electron chi connectivity index (χ2n) is 6.43. The van der Waals surface area contributed by atoms with E-state index in [0.717, 1.165) is 16.7 Å². The van der Waals surface area contributed by atoms with Crippen molar-refractivity contribution in [1.82, 2.24) is 14.5 Å². The number of aryl methyl sites for hydroxylation is 1. The molecule has 0 saturated carbocycles. The molecule has 0 saturated heterocycles. The number of hydrogen-bond acceptors (Lipinski definition) is 1. The molecule has 22 heavy (non-hydrogen) atoms. The second-order valence-corrected chi connectivity index (χ2v) is 6.43. The molecule has 0 radical (unpaired) electrons. The van der Waals surface area contributed by atoms with E-state index in [0.29, 0.717) is 0 Å². The molecule has 3 rings (SSSR count). The first-order valence-electron chi connectivity index (χ1n) is 7.81. The molecule has 0 spiro atoms. The van der Waals surface area contributed by atoms with E-state index in [9.17, 15) is 4.79 Å². The van der Waals surface area contributed by atoms with Crippen LogP contribution in [0.25, 0.3) is 21.9 Å². The van der Waals surface area contributed by atoms with Gasteiger partial charge >= 0.3 is 0 Å². The van der Waals surface area contributed by atoms with Gasteiger partial charge in [-0.1, -0.05) is 18.2 Å². The second kappa shape index (κ2) is 5.20. The summed E-state index contributed by atoms with van der Waals surface area (Å²) in [5.74, 6) is -0.0102. The van der Waals surface area contributed by atoms with Gasteiger partial charge in [-0.3, -0.25) is 4.79 Å². The topological polar surface area (TPSA) is 39.0 Å². The molecular formula is C18H23N3O. The van der Waals surface area contributed by atoms with Crippen molar-refractivity contribution in [3.8, 4) is 0 Å². The minimum atomic E-state index is -0.0102. The highest BCUT2D eigenvalue weighted by Crippen LogP contribution is 2.33. The zero-order valence-electron chi connectivity index (χ0n) is 13.8. The monoisotopic (exact) mass is 297 g/mol. The van der Waals surface area contributed by atoms with Crippen molar-refractivity contribution in [2.24, 2.45) is 7.05 Å². The Morgan fingerprint density at radius 3 is 2.41 bits per heavy atom. The molecule has 1 amide bonds. The number of rotatable bonds is 3. The molecule has 1 N–H and O–H groups in total. The number of carbonyl (C=O) groups excluding carboxylic acids is 1. The number of carbonyl (C=O) groups is 1. The number of para-hydroxylation sites is 1. The van der Waals surface area contributed by atoms with E-state index < -0.39 is 0 Å². The number of amides is 1. The first-order valence-corrected chi connectivity index (χ1v) is 7.81. The van der Waals surface area contributed by atoms with Crippen LogP contribution in [-0.4, -0.2) is 21.1 Å². The van der Waals surface area contributed by atoms with Crippen molar-refractivity contribution in [3.05, 3.63) is 36.0 Å². The number of nitrogens with zero attached hydrogens (tertiary/aromatic N) is 2. The fraction of sp³-hybridized carbons (Fsp3) is 0.389. The summed E-state index contributed by atoms with van der Waals surface area (Å²) in [4.78, 5) is 12.6. The quantitative estimate of drug-likeness (QED) is 0.783. The fourth-order valence-electron chi connectivity index (χ4n) is 3.18. The molecule has 116 valence electrons. The van der Waals surface area contributed by atoms with Crippen molar-refractivity contribution >= 4 is 27.8 Å². The van der Waals surface area contributed by atoms with Gasteiger partial charge in [-0.05, 0) is 39.8 Å². The lowest BCUT2D eigenvalue weighted by molar-refractivity contribution is 0.0933. The SMILES string of the molecule is CC(C)NC(=O)c1cc2c(c3ccccc3n2C)n1C(C)C. The molecule has 0 aliphatic rings. The van der Waals surface area contributed by atoms with Gasteiger partial charge in [0.2, 0.25) is 0 Å². The standard InChI is InChI=1S/C18H23N3O/c1-11(2)19-18(22)16-10-15-17(21(16)12(3)4)13-8-6-7-9-14(13)20(15)5/h6-12H,1-5H3,(H,19,22). The summed E-state index contributed by atoms with van der Waals surface area (Å²) < 4.78 is 4.31. The van der Waals surface area contributed by atoms with Crippen LogP contribution in [0.3, 0.4) is 0 Å². The Morgan fingerprint density at radius 1 is 1.09 bits per heavy atom. The van der Waals surface area contributed by atoms with Crippen LogP contribution in [0.4, 0.5) is 0 Å². The lowest BCUT2D eigenvalue weighted by Crippen LogP contribution is -2.32. The lowest BCUT2D eigenvalue weighted by Gasteiger charge is -2.15. The Kier molecular flexibility index (Phi) is 3.47. The van der Waals surface area contributed by atoms with E-state index >= 15 is 0 Å². The van der Waals surface area contributed by atoms with Crippen molar-refractivity contribution in [2.45, 2.75) is 39.8 Å². The van der Waals surface area contributed by atoms with E-state index in [1.165, 1.54) is 10.9 Å². The van der Waals surface area contributed by atoms with Crippen LogP contribution >= 0.6 is 0 Å². The lowest BCUT2D eigenvalue weighted by atomic mass is 10.2. The van der Waals surface area contributed by atoms with Crippen LogP contribution in [0.1, 0.15) is 44.2 Å². The number of aromatic nitrogens is 2. The number of nitrogens with one attached hydrogen (secondary N) is 1.